The molecule has 1 aromatic rings. The zero-order chi connectivity index (χ0) is 14.1. The topological polar surface area (TPSA) is 35.2 Å². The summed E-state index contributed by atoms with van der Waals surface area (Å²) in [5.74, 6) is -0.976. The van der Waals surface area contributed by atoms with Gasteiger partial charge in [0, 0.05) is 16.6 Å². The molecule has 0 heterocycles. The number of anilines is 1. The van der Waals surface area contributed by atoms with Crippen LogP contribution in [-0.2, 0) is 0 Å². The van der Waals surface area contributed by atoms with Gasteiger partial charge in [-0.3, -0.25) is 0 Å². The van der Waals surface area contributed by atoms with E-state index in [0.29, 0.717) is 6.07 Å². The first kappa shape index (κ1) is 15.1. The minimum Gasteiger partial charge on any atom is -0.404 e. The lowest BCUT2D eigenvalue weighted by molar-refractivity contribution is -0.274. The number of rotatable bonds is 2. The molecule has 0 unspecified atom stereocenters. The van der Waals surface area contributed by atoms with E-state index < -0.39 is 39.3 Å². The van der Waals surface area contributed by atoms with E-state index in [1.54, 1.807) is 0 Å². The molecule has 0 atom stereocenters. The van der Waals surface area contributed by atoms with Crippen LogP contribution in [0.2, 0.25) is 5.02 Å². The Labute approximate surface area is 106 Å². The van der Waals surface area contributed by atoms with Crippen LogP contribution in [0.25, 0.3) is 0 Å². The predicted molar refractivity (Wildman–Crippen MR) is 54.5 cm³/mol. The largest absolute Gasteiger partial charge is 0.573 e. The van der Waals surface area contributed by atoms with Crippen LogP contribution in [-0.4, -0.2) is 11.9 Å². The zero-order valence-electron chi connectivity index (χ0n) is 8.19. The minimum absolute atomic E-state index is 0.328. The van der Waals surface area contributed by atoms with Crippen molar-refractivity contribution in [2.75, 3.05) is 5.73 Å². The molecule has 2 nitrogen and oxygen atoms in total. The number of nitrogen functional groups attached to an aromatic ring is 1. The molecule has 1 aromatic carbocycles. The maximum atomic E-state index is 12.1. The van der Waals surface area contributed by atoms with E-state index in [4.69, 9.17) is 17.3 Å². The summed E-state index contributed by atoms with van der Waals surface area (Å²) in [6.45, 7) is 0. The van der Waals surface area contributed by atoms with Gasteiger partial charge in [0.2, 0.25) is 0 Å². The zero-order valence-corrected chi connectivity index (χ0v) is 9.77. The van der Waals surface area contributed by atoms with Crippen LogP contribution in [0.15, 0.2) is 17.0 Å². The SMILES string of the molecule is Nc1cc(OC(F)(F)F)c(Cl)c(SC(F)(F)F)c1. The van der Waals surface area contributed by atoms with Crippen molar-refractivity contribution in [2.45, 2.75) is 16.8 Å². The molecule has 0 amide bonds. The first-order valence-electron chi connectivity index (χ1n) is 4.08. The van der Waals surface area contributed by atoms with Crippen molar-refractivity contribution < 1.29 is 31.1 Å². The van der Waals surface area contributed by atoms with E-state index in [2.05, 4.69) is 4.74 Å². The van der Waals surface area contributed by atoms with Crippen molar-refractivity contribution in [2.24, 2.45) is 0 Å². The van der Waals surface area contributed by atoms with Crippen molar-refractivity contribution >= 4 is 29.1 Å². The van der Waals surface area contributed by atoms with E-state index in [1.807, 2.05) is 0 Å². The monoisotopic (exact) mass is 311 g/mol. The minimum atomic E-state index is -5.07. The summed E-state index contributed by atoms with van der Waals surface area (Å²) >= 11 is 4.71. The molecule has 0 radical (unpaired) electrons. The molecule has 1 rings (SSSR count). The lowest BCUT2D eigenvalue weighted by Gasteiger charge is -2.14. The molecule has 18 heavy (non-hydrogen) atoms. The summed E-state index contributed by atoms with van der Waals surface area (Å²) in [5.41, 5.74) is 0.150. The molecule has 0 aromatic heterocycles. The van der Waals surface area contributed by atoms with Crippen LogP contribution in [0.1, 0.15) is 0 Å². The standard InChI is InChI=1S/C8H4ClF6NOS/c9-6-4(17-7(10,11)12)1-3(16)2-5(6)18-8(13,14)15/h1-2H,16H2. The number of hydrogen-bond acceptors (Lipinski definition) is 3. The Kier molecular flexibility index (Phi) is 4.16. The normalized spacial score (nSPS) is 12.6. The van der Waals surface area contributed by atoms with E-state index in [1.165, 1.54) is 0 Å². The number of halogens is 7. The van der Waals surface area contributed by atoms with Gasteiger partial charge in [-0.25, -0.2) is 0 Å². The van der Waals surface area contributed by atoms with E-state index in [9.17, 15) is 26.3 Å². The molecule has 0 bridgehead atoms. The van der Waals surface area contributed by atoms with E-state index in [-0.39, 0.29) is 5.69 Å². The smallest absolute Gasteiger partial charge is 0.404 e. The first-order chi connectivity index (χ1) is 7.98. The number of alkyl halides is 6. The highest BCUT2D eigenvalue weighted by molar-refractivity contribution is 8.00. The van der Waals surface area contributed by atoms with Crippen LogP contribution < -0.4 is 10.5 Å². The Morgan fingerprint density at radius 1 is 1.11 bits per heavy atom. The lowest BCUT2D eigenvalue weighted by Crippen LogP contribution is -2.17. The third-order valence-electron chi connectivity index (χ3n) is 1.48. The van der Waals surface area contributed by atoms with Crippen LogP contribution >= 0.6 is 23.4 Å². The van der Waals surface area contributed by atoms with Gasteiger partial charge >= 0.3 is 11.9 Å². The highest BCUT2D eigenvalue weighted by atomic mass is 35.5. The molecule has 0 aliphatic carbocycles. The fourth-order valence-corrected chi connectivity index (χ4v) is 1.89. The van der Waals surface area contributed by atoms with Gasteiger partial charge in [0.05, 0.1) is 5.02 Å². The molecule has 10 heteroatoms. The molecule has 0 saturated heterocycles. The molecule has 2 N–H and O–H groups in total. The number of thioether (sulfide) groups is 1. The molecular weight excluding hydrogens is 308 g/mol. The van der Waals surface area contributed by atoms with Gasteiger partial charge in [0.25, 0.3) is 0 Å². The number of ether oxygens (including phenoxy) is 1. The van der Waals surface area contributed by atoms with Crippen molar-refractivity contribution in [3.8, 4) is 5.75 Å². The van der Waals surface area contributed by atoms with E-state index >= 15 is 0 Å². The summed E-state index contributed by atoms with van der Waals surface area (Å²) in [6, 6.07) is 1.50. The maximum Gasteiger partial charge on any atom is 0.573 e. The van der Waals surface area contributed by atoms with Gasteiger partial charge < -0.3 is 10.5 Å². The molecule has 0 aliphatic rings. The summed E-state index contributed by atoms with van der Waals surface area (Å²) in [5, 5.41) is -0.802. The summed E-state index contributed by atoms with van der Waals surface area (Å²) in [4.78, 5) is -0.664. The lowest BCUT2D eigenvalue weighted by atomic mass is 10.3. The summed E-state index contributed by atoms with van der Waals surface area (Å²) in [7, 11) is 0. The van der Waals surface area contributed by atoms with Crippen molar-refractivity contribution in [3.63, 3.8) is 0 Å². The van der Waals surface area contributed by atoms with Crippen LogP contribution in [0, 0.1) is 0 Å². The third-order valence-corrected chi connectivity index (χ3v) is 2.75. The molecule has 0 saturated carbocycles. The van der Waals surface area contributed by atoms with Crippen LogP contribution in [0.4, 0.5) is 32.0 Å². The second kappa shape index (κ2) is 4.96. The van der Waals surface area contributed by atoms with Gasteiger partial charge in [-0.05, 0) is 17.8 Å². The second-order valence-electron chi connectivity index (χ2n) is 2.93. The van der Waals surface area contributed by atoms with Crippen LogP contribution in [0.5, 0.6) is 5.75 Å². The highest BCUT2D eigenvalue weighted by Gasteiger charge is 2.35. The summed E-state index contributed by atoms with van der Waals surface area (Å²) in [6.07, 6.45) is -5.07. The van der Waals surface area contributed by atoms with Gasteiger partial charge in [-0.15, -0.1) is 13.2 Å². The number of benzene rings is 1. The molecule has 0 spiro atoms. The first-order valence-corrected chi connectivity index (χ1v) is 5.28. The van der Waals surface area contributed by atoms with Crippen molar-refractivity contribution in [3.05, 3.63) is 17.2 Å². The maximum absolute atomic E-state index is 12.1. The molecular formula is C8H4ClF6NOS. The Morgan fingerprint density at radius 2 is 1.67 bits per heavy atom. The number of hydrogen-bond donors (Lipinski definition) is 1. The highest BCUT2D eigenvalue weighted by Crippen LogP contribution is 2.45. The molecule has 0 aliphatic heterocycles. The quantitative estimate of drug-likeness (QED) is 0.498. The van der Waals surface area contributed by atoms with Gasteiger partial charge in [0.15, 0.2) is 5.75 Å². The Bertz CT molecular complexity index is 409. The third kappa shape index (κ3) is 4.73. The van der Waals surface area contributed by atoms with Crippen molar-refractivity contribution in [1.82, 2.24) is 0 Å². The van der Waals surface area contributed by atoms with Gasteiger partial charge in [-0.2, -0.15) is 13.2 Å². The predicted octanol–water partition coefficient (Wildman–Crippen LogP) is 4.43. The Hall–Kier alpha value is -0.960. The Balaban J connectivity index is 3.14. The molecule has 0 fully saturated rings. The molecule has 102 valence electrons. The van der Waals surface area contributed by atoms with E-state index in [0.717, 1.165) is 6.07 Å². The van der Waals surface area contributed by atoms with Gasteiger partial charge in [0.1, 0.15) is 0 Å². The average Bonchev–Trinajstić information content (AvgIpc) is 2.07. The Morgan fingerprint density at radius 3 is 2.11 bits per heavy atom. The average molecular weight is 312 g/mol. The summed E-state index contributed by atoms with van der Waals surface area (Å²) < 4.78 is 75.8. The fraction of sp³-hybridized carbons (Fsp3) is 0.250. The number of nitrogens with two attached hydrogens (primary N) is 1. The fourth-order valence-electron chi connectivity index (χ4n) is 0.990. The second-order valence-corrected chi connectivity index (χ2v) is 4.41. The van der Waals surface area contributed by atoms with Crippen molar-refractivity contribution in [1.29, 1.82) is 0 Å². The van der Waals surface area contributed by atoms with Gasteiger partial charge in [-0.1, -0.05) is 11.6 Å². The van der Waals surface area contributed by atoms with Crippen LogP contribution in [0.3, 0.4) is 0 Å².